The molecule has 0 N–H and O–H groups in total. The van der Waals surface area contributed by atoms with Crippen molar-refractivity contribution in [3.05, 3.63) is 69.7 Å². The fourth-order valence-electron chi connectivity index (χ4n) is 2.85. The SMILES string of the molecule is O=C(Cc1ccc(C(F)(F)F)cc1)N1CCOC(c2ccc(Br)cc2)C1. The minimum atomic E-state index is -4.37. The number of amides is 1. The van der Waals surface area contributed by atoms with Gasteiger partial charge >= 0.3 is 6.18 Å². The molecule has 1 unspecified atom stereocenters. The molecule has 1 aliphatic rings. The zero-order chi connectivity index (χ0) is 18.7. The maximum absolute atomic E-state index is 12.6. The van der Waals surface area contributed by atoms with Gasteiger partial charge in [-0.05, 0) is 35.4 Å². The van der Waals surface area contributed by atoms with Crippen LogP contribution in [0.3, 0.4) is 0 Å². The van der Waals surface area contributed by atoms with Crippen molar-refractivity contribution >= 4 is 21.8 Å². The number of halogens is 4. The van der Waals surface area contributed by atoms with Crippen LogP contribution in [0.15, 0.2) is 53.0 Å². The molecule has 138 valence electrons. The summed E-state index contributed by atoms with van der Waals surface area (Å²) in [5, 5.41) is 0. The lowest BCUT2D eigenvalue weighted by molar-refractivity contribution is -0.138. The molecule has 0 aromatic heterocycles. The van der Waals surface area contributed by atoms with Gasteiger partial charge in [0, 0.05) is 11.0 Å². The summed E-state index contributed by atoms with van der Waals surface area (Å²) in [6.07, 6.45) is -4.50. The molecule has 1 heterocycles. The Kier molecular flexibility index (Phi) is 5.67. The molecule has 1 saturated heterocycles. The van der Waals surface area contributed by atoms with E-state index in [0.29, 0.717) is 25.3 Å². The lowest BCUT2D eigenvalue weighted by atomic mass is 10.1. The number of benzene rings is 2. The highest BCUT2D eigenvalue weighted by Crippen LogP contribution is 2.29. The average Bonchev–Trinajstić information content (AvgIpc) is 2.62. The highest BCUT2D eigenvalue weighted by Gasteiger charge is 2.30. The Morgan fingerprint density at radius 2 is 1.77 bits per heavy atom. The number of hydrogen-bond donors (Lipinski definition) is 0. The first-order chi connectivity index (χ1) is 12.3. The van der Waals surface area contributed by atoms with Gasteiger partial charge in [0.05, 0.1) is 25.1 Å². The summed E-state index contributed by atoms with van der Waals surface area (Å²) in [6.45, 7) is 1.34. The molecule has 7 heteroatoms. The van der Waals surface area contributed by atoms with E-state index in [1.165, 1.54) is 12.1 Å². The summed E-state index contributed by atoms with van der Waals surface area (Å²) in [4.78, 5) is 14.2. The lowest BCUT2D eigenvalue weighted by Gasteiger charge is -2.33. The van der Waals surface area contributed by atoms with Crippen molar-refractivity contribution < 1.29 is 22.7 Å². The van der Waals surface area contributed by atoms with Crippen LogP contribution in [-0.2, 0) is 22.1 Å². The number of ether oxygens (including phenoxy) is 1. The van der Waals surface area contributed by atoms with Gasteiger partial charge in [0.25, 0.3) is 0 Å². The summed E-state index contributed by atoms with van der Waals surface area (Å²) in [5.41, 5.74) is 0.838. The van der Waals surface area contributed by atoms with Crippen molar-refractivity contribution in [3.63, 3.8) is 0 Å². The minimum absolute atomic E-state index is 0.0746. The molecule has 3 nitrogen and oxygen atoms in total. The van der Waals surface area contributed by atoms with E-state index < -0.39 is 11.7 Å². The van der Waals surface area contributed by atoms with E-state index in [1.807, 2.05) is 24.3 Å². The van der Waals surface area contributed by atoms with Crippen LogP contribution in [0.1, 0.15) is 22.8 Å². The molecule has 0 spiro atoms. The summed E-state index contributed by atoms with van der Waals surface area (Å²) < 4.78 is 44.5. The first-order valence-corrected chi connectivity index (χ1v) is 8.93. The van der Waals surface area contributed by atoms with E-state index in [1.54, 1.807) is 4.90 Å². The molecule has 26 heavy (non-hydrogen) atoms. The number of carbonyl (C=O) groups excluding carboxylic acids is 1. The third-order valence-corrected chi connectivity index (χ3v) is 4.83. The molecule has 2 aromatic carbocycles. The van der Waals surface area contributed by atoms with Gasteiger partial charge in [0.15, 0.2) is 0 Å². The van der Waals surface area contributed by atoms with Crippen LogP contribution in [0.2, 0.25) is 0 Å². The van der Waals surface area contributed by atoms with Crippen LogP contribution in [-0.4, -0.2) is 30.5 Å². The van der Waals surface area contributed by atoms with E-state index in [4.69, 9.17) is 4.74 Å². The van der Waals surface area contributed by atoms with Crippen molar-refractivity contribution in [2.45, 2.75) is 18.7 Å². The molecular weight excluding hydrogens is 411 g/mol. The molecule has 0 radical (unpaired) electrons. The third kappa shape index (κ3) is 4.65. The van der Waals surface area contributed by atoms with Crippen molar-refractivity contribution in [3.8, 4) is 0 Å². The van der Waals surface area contributed by atoms with Crippen molar-refractivity contribution in [2.75, 3.05) is 19.7 Å². The Bertz CT molecular complexity index is 760. The fraction of sp³-hybridized carbons (Fsp3) is 0.316. The molecule has 0 saturated carbocycles. The van der Waals surface area contributed by atoms with Crippen LogP contribution in [0.5, 0.6) is 0 Å². The molecule has 0 bridgehead atoms. The van der Waals surface area contributed by atoms with E-state index in [9.17, 15) is 18.0 Å². The Balaban J connectivity index is 1.63. The average molecular weight is 428 g/mol. The summed E-state index contributed by atoms with van der Waals surface area (Å²) >= 11 is 3.38. The topological polar surface area (TPSA) is 29.5 Å². The Morgan fingerprint density at radius 1 is 1.12 bits per heavy atom. The highest BCUT2D eigenvalue weighted by atomic mass is 79.9. The summed E-state index contributed by atoms with van der Waals surface area (Å²) in [6, 6.07) is 12.4. The molecule has 1 amide bonds. The van der Waals surface area contributed by atoms with Crippen molar-refractivity contribution in [2.24, 2.45) is 0 Å². The zero-order valence-corrected chi connectivity index (χ0v) is 15.4. The normalized spacial score (nSPS) is 18.0. The second kappa shape index (κ2) is 7.80. The van der Waals surface area contributed by atoms with Crippen LogP contribution < -0.4 is 0 Å². The predicted molar refractivity (Wildman–Crippen MR) is 94.6 cm³/mol. The van der Waals surface area contributed by atoms with E-state index in [-0.39, 0.29) is 18.4 Å². The molecule has 1 fully saturated rings. The third-order valence-electron chi connectivity index (χ3n) is 4.30. The molecule has 0 aliphatic carbocycles. The van der Waals surface area contributed by atoms with Gasteiger partial charge in [-0.1, -0.05) is 40.2 Å². The Hall–Kier alpha value is -1.86. The van der Waals surface area contributed by atoms with Crippen LogP contribution in [0.4, 0.5) is 13.2 Å². The first kappa shape index (κ1) is 18.9. The fourth-order valence-corrected chi connectivity index (χ4v) is 3.12. The van der Waals surface area contributed by atoms with Crippen LogP contribution in [0.25, 0.3) is 0 Å². The molecular formula is C19H17BrF3NO2. The Morgan fingerprint density at radius 3 is 2.38 bits per heavy atom. The van der Waals surface area contributed by atoms with Crippen molar-refractivity contribution in [1.82, 2.24) is 4.90 Å². The smallest absolute Gasteiger partial charge is 0.370 e. The largest absolute Gasteiger partial charge is 0.416 e. The maximum atomic E-state index is 12.6. The van der Waals surface area contributed by atoms with Crippen molar-refractivity contribution in [1.29, 1.82) is 0 Å². The van der Waals surface area contributed by atoms with Crippen LogP contribution in [0, 0.1) is 0 Å². The molecule has 2 aromatic rings. The van der Waals surface area contributed by atoms with Gasteiger partial charge in [-0.2, -0.15) is 13.2 Å². The van der Waals surface area contributed by atoms with Gasteiger partial charge in [-0.25, -0.2) is 0 Å². The zero-order valence-electron chi connectivity index (χ0n) is 13.8. The molecule has 1 aliphatic heterocycles. The predicted octanol–water partition coefficient (Wildman–Crippen LogP) is 4.61. The number of rotatable bonds is 3. The number of hydrogen-bond acceptors (Lipinski definition) is 2. The minimum Gasteiger partial charge on any atom is -0.370 e. The standard InChI is InChI=1S/C19H17BrF3NO2/c20-16-7-3-14(4-8-16)17-12-24(9-10-26-17)18(25)11-13-1-5-15(6-2-13)19(21,22)23/h1-8,17H,9-12H2. The second-order valence-electron chi connectivity index (χ2n) is 6.12. The quantitative estimate of drug-likeness (QED) is 0.715. The van der Waals surface area contributed by atoms with E-state index in [0.717, 1.165) is 22.2 Å². The highest BCUT2D eigenvalue weighted by molar-refractivity contribution is 9.10. The Labute approximate surface area is 157 Å². The number of carbonyl (C=O) groups is 1. The van der Waals surface area contributed by atoms with E-state index in [2.05, 4.69) is 15.9 Å². The van der Waals surface area contributed by atoms with Crippen LogP contribution >= 0.6 is 15.9 Å². The number of nitrogens with zero attached hydrogens (tertiary/aromatic N) is 1. The maximum Gasteiger partial charge on any atom is 0.416 e. The number of morpholine rings is 1. The molecule has 1 atom stereocenters. The first-order valence-electron chi connectivity index (χ1n) is 8.14. The van der Waals surface area contributed by atoms with Gasteiger partial charge in [-0.15, -0.1) is 0 Å². The lowest BCUT2D eigenvalue weighted by Crippen LogP contribution is -2.42. The summed E-state index contributed by atoms with van der Waals surface area (Å²) in [7, 11) is 0. The van der Waals surface area contributed by atoms with Gasteiger partial charge < -0.3 is 9.64 Å². The van der Waals surface area contributed by atoms with Gasteiger partial charge in [0.2, 0.25) is 5.91 Å². The second-order valence-corrected chi connectivity index (χ2v) is 7.04. The van der Waals surface area contributed by atoms with Gasteiger partial charge in [0.1, 0.15) is 6.10 Å². The van der Waals surface area contributed by atoms with E-state index >= 15 is 0 Å². The molecule has 3 rings (SSSR count). The van der Waals surface area contributed by atoms with Gasteiger partial charge in [-0.3, -0.25) is 4.79 Å². The monoisotopic (exact) mass is 427 g/mol. The number of alkyl halides is 3. The summed E-state index contributed by atoms with van der Waals surface area (Å²) in [5.74, 6) is -0.116.